The zero-order chi connectivity index (χ0) is 12.3. The van der Waals surface area contributed by atoms with Crippen LogP contribution in [0.4, 0.5) is 10.5 Å². The Hall–Kier alpha value is -1.79. The minimum absolute atomic E-state index is 0. The maximum absolute atomic E-state index is 11.4. The van der Waals surface area contributed by atoms with Crippen LogP contribution in [0.1, 0.15) is 11.1 Å². The average Bonchev–Trinajstić information content (AvgIpc) is 2.22. The highest BCUT2D eigenvalue weighted by atomic mass is 35.5. The SMILES string of the molecule is Cc1cccc(C)c1N(C(=N)N)C(=O)NO.Cl. The number of halogens is 1. The van der Waals surface area contributed by atoms with Crippen LogP contribution in [-0.4, -0.2) is 17.2 Å². The van der Waals surface area contributed by atoms with Crippen molar-refractivity contribution >= 4 is 30.1 Å². The number of nitrogens with one attached hydrogen (secondary N) is 2. The molecule has 1 aromatic carbocycles. The molecule has 0 spiro atoms. The largest absolute Gasteiger partial charge is 0.369 e. The molecule has 0 aliphatic heterocycles. The van der Waals surface area contributed by atoms with Crippen LogP contribution in [0, 0.1) is 19.3 Å². The fraction of sp³-hybridized carbons (Fsp3) is 0.200. The molecule has 0 aromatic heterocycles. The molecule has 0 atom stereocenters. The van der Waals surface area contributed by atoms with Gasteiger partial charge in [0.15, 0.2) is 0 Å². The Morgan fingerprint density at radius 3 is 2.24 bits per heavy atom. The van der Waals surface area contributed by atoms with E-state index >= 15 is 0 Å². The number of carbonyl (C=O) groups excluding carboxylic acids is 1. The lowest BCUT2D eigenvalue weighted by atomic mass is 10.1. The number of hydrogen-bond acceptors (Lipinski definition) is 3. The second kappa shape index (κ2) is 6.07. The second-order valence-corrected chi connectivity index (χ2v) is 3.38. The van der Waals surface area contributed by atoms with Gasteiger partial charge in [-0.2, -0.15) is 0 Å². The summed E-state index contributed by atoms with van der Waals surface area (Å²) in [6.07, 6.45) is 0. The summed E-state index contributed by atoms with van der Waals surface area (Å²) in [5.41, 5.74) is 8.87. The molecule has 0 aliphatic carbocycles. The van der Waals surface area contributed by atoms with Crippen LogP contribution in [0.3, 0.4) is 0 Å². The van der Waals surface area contributed by atoms with Gasteiger partial charge in [-0.3, -0.25) is 10.6 Å². The van der Waals surface area contributed by atoms with Crippen molar-refractivity contribution < 1.29 is 10.0 Å². The van der Waals surface area contributed by atoms with Crippen LogP contribution in [0.15, 0.2) is 18.2 Å². The molecule has 0 radical (unpaired) electrons. The van der Waals surface area contributed by atoms with E-state index in [9.17, 15) is 4.79 Å². The highest BCUT2D eigenvalue weighted by Crippen LogP contribution is 2.24. The van der Waals surface area contributed by atoms with Gasteiger partial charge in [-0.15, -0.1) is 12.4 Å². The van der Waals surface area contributed by atoms with Crippen LogP contribution in [0.5, 0.6) is 0 Å². The Balaban J connectivity index is 0.00000256. The summed E-state index contributed by atoms with van der Waals surface area (Å²) in [5.74, 6) is -0.455. The predicted molar refractivity (Wildman–Crippen MR) is 67.9 cm³/mol. The van der Waals surface area contributed by atoms with Crippen LogP contribution < -0.4 is 16.1 Å². The van der Waals surface area contributed by atoms with Crippen molar-refractivity contribution in [2.75, 3.05) is 4.90 Å². The highest BCUT2D eigenvalue weighted by molar-refractivity contribution is 6.14. The van der Waals surface area contributed by atoms with E-state index in [2.05, 4.69) is 0 Å². The fourth-order valence-electron chi connectivity index (χ4n) is 1.54. The van der Waals surface area contributed by atoms with Crippen LogP contribution in [0.25, 0.3) is 0 Å². The molecule has 17 heavy (non-hydrogen) atoms. The maximum atomic E-state index is 11.4. The molecule has 94 valence electrons. The molecule has 1 aromatic rings. The number of rotatable bonds is 1. The summed E-state index contributed by atoms with van der Waals surface area (Å²) < 4.78 is 0. The van der Waals surface area contributed by atoms with Gasteiger partial charge in [0.25, 0.3) is 0 Å². The number of nitrogens with zero attached hydrogens (tertiary/aromatic N) is 1. The topological polar surface area (TPSA) is 102 Å². The molecule has 0 unspecified atom stereocenters. The number of amides is 2. The van der Waals surface area contributed by atoms with Crippen LogP contribution in [0.2, 0.25) is 0 Å². The summed E-state index contributed by atoms with van der Waals surface area (Å²) >= 11 is 0. The minimum Gasteiger partial charge on any atom is -0.369 e. The van der Waals surface area contributed by atoms with E-state index in [0.29, 0.717) is 5.69 Å². The number of hydroxylamine groups is 1. The Bertz CT molecular complexity index is 416. The van der Waals surface area contributed by atoms with E-state index in [1.54, 1.807) is 26.0 Å². The first-order valence-corrected chi connectivity index (χ1v) is 4.63. The summed E-state index contributed by atoms with van der Waals surface area (Å²) in [6, 6.07) is 4.57. The Labute approximate surface area is 105 Å². The normalized spacial score (nSPS) is 9.12. The number of carbonyl (C=O) groups is 1. The van der Waals surface area contributed by atoms with E-state index in [4.69, 9.17) is 16.4 Å². The first-order chi connectivity index (χ1) is 7.49. The molecule has 1 rings (SSSR count). The third kappa shape index (κ3) is 3.08. The van der Waals surface area contributed by atoms with E-state index in [1.165, 1.54) is 5.48 Å². The fourth-order valence-corrected chi connectivity index (χ4v) is 1.54. The number of aryl methyl sites for hydroxylation is 2. The second-order valence-electron chi connectivity index (χ2n) is 3.38. The summed E-state index contributed by atoms with van der Waals surface area (Å²) in [7, 11) is 0. The molecular formula is C10H15ClN4O2. The molecule has 0 saturated carbocycles. The lowest BCUT2D eigenvalue weighted by molar-refractivity contribution is 0.169. The van der Waals surface area contributed by atoms with Crippen molar-refractivity contribution in [1.29, 1.82) is 5.41 Å². The molecular weight excluding hydrogens is 244 g/mol. The number of anilines is 1. The molecule has 0 aliphatic rings. The van der Waals surface area contributed by atoms with E-state index in [-0.39, 0.29) is 12.4 Å². The van der Waals surface area contributed by atoms with E-state index in [1.807, 2.05) is 6.07 Å². The molecule has 0 bridgehead atoms. The smallest absolute Gasteiger partial charge is 0.352 e. The molecule has 7 heteroatoms. The number of nitrogens with two attached hydrogens (primary N) is 1. The summed E-state index contributed by atoms with van der Waals surface area (Å²) in [6.45, 7) is 3.59. The van der Waals surface area contributed by atoms with Gasteiger partial charge in [-0.1, -0.05) is 18.2 Å². The minimum atomic E-state index is -0.857. The lowest BCUT2D eigenvalue weighted by Crippen LogP contribution is -2.46. The Kier molecular flexibility index (Phi) is 5.43. The number of hydrogen-bond donors (Lipinski definition) is 4. The highest BCUT2D eigenvalue weighted by Gasteiger charge is 2.21. The van der Waals surface area contributed by atoms with Gasteiger partial charge in [0.2, 0.25) is 5.96 Å². The molecule has 0 saturated heterocycles. The van der Waals surface area contributed by atoms with Crippen molar-refractivity contribution in [3.63, 3.8) is 0 Å². The molecule has 2 amide bonds. The average molecular weight is 259 g/mol. The number of para-hydroxylation sites is 1. The molecule has 0 heterocycles. The van der Waals surface area contributed by atoms with Gasteiger partial charge < -0.3 is 5.73 Å². The van der Waals surface area contributed by atoms with E-state index < -0.39 is 12.0 Å². The van der Waals surface area contributed by atoms with Crippen LogP contribution >= 0.6 is 12.4 Å². The third-order valence-corrected chi connectivity index (χ3v) is 2.20. The molecule has 6 nitrogen and oxygen atoms in total. The van der Waals surface area contributed by atoms with E-state index in [0.717, 1.165) is 16.0 Å². The zero-order valence-corrected chi connectivity index (χ0v) is 10.3. The lowest BCUT2D eigenvalue weighted by Gasteiger charge is -2.23. The quantitative estimate of drug-likeness (QED) is 0.266. The standard InChI is InChI=1S/C10H14N4O2.ClH/c1-6-4-3-5-7(2)8(6)14(9(11)12)10(15)13-16;/h3-5,16H,1-2H3,(H3,11,12)(H,13,15);1H. The predicted octanol–water partition coefficient (Wildman–Crippen LogP) is 1.52. The monoisotopic (exact) mass is 258 g/mol. The van der Waals surface area contributed by atoms with Gasteiger partial charge in [-0.05, 0) is 25.0 Å². The Morgan fingerprint density at radius 2 is 1.88 bits per heavy atom. The summed E-state index contributed by atoms with van der Waals surface area (Å²) in [4.78, 5) is 12.3. The van der Waals surface area contributed by atoms with Crippen molar-refractivity contribution in [3.8, 4) is 0 Å². The first-order valence-electron chi connectivity index (χ1n) is 4.63. The van der Waals surface area contributed by atoms with Gasteiger partial charge in [0.1, 0.15) is 0 Å². The number of urea groups is 1. The van der Waals surface area contributed by atoms with Gasteiger partial charge >= 0.3 is 6.03 Å². The van der Waals surface area contributed by atoms with Crippen molar-refractivity contribution in [3.05, 3.63) is 29.3 Å². The van der Waals surface area contributed by atoms with Crippen molar-refractivity contribution in [1.82, 2.24) is 5.48 Å². The number of benzene rings is 1. The van der Waals surface area contributed by atoms with Gasteiger partial charge in [0.05, 0.1) is 5.69 Å². The number of guanidine groups is 1. The first kappa shape index (κ1) is 15.2. The van der Waals surface area contributed by atoms with Gasteiger partial charge in [-0.25, -0.2) is 15.2 Å². The zero-order valence-electron chi connectivity index (χ0n) is 9.52. The third-order valence-electron chi connectivity index (χ3n) is 2.20. The van der Waals surface area contributed by atoms with Gasteiger partial charge in [0, 0.05) is 0 Å². The van der Waals surface area contributed by atoms with Crippen molar-refractivity contribution in [2.45, 2.75) is 13.8 Å². The molecule has 0 fully saturated rings. The Morgan fingerprint density at radius 1 is 1.41 bits per heavy atom. The maximum Gasteiger partial charge on any atom is 0.352 e. The molecule has 5 N–H and O–H groups in total. The summed E-state index contributed by atoms with van der Waals surface area (Å²) in [5, 5.41) is 16.0. The van der Waals surface area contributed by atoms with Crippen LogP contribution in [-0.2, 0) is 0 Å². The van der Waals surface area contributed by atoms with Crippen molar-refractivity contribution in [2.24, 2.45) is 5.73 Å².